The van der Waals surface area contributed by atoms with Gasteiger partial charge in [-0.2, -0.15) is 0 Å². The molecule has 40 heavy (non-hydrogen) atoms. The third-order valence-corrected chi connectivity index (χ3v) is 7.63. The summed E-state index contributed by atoms with van der Waals surface area (Å²) in [5, 5.41) is 6.43. The predicted molar refractivity (Wildman–Crippen MR) is 161 cm³/mol. The summed E-state index contributed by atoms with van der Waals surface area (Å²) in [6.45, 7) is 11.6. The first kappa shape index (κ1) is 32.5. The molecule has 2 N–H and O–H groups in total. The summed E-state index contributed by atoms with van der Waals surface area (Å²) in [6, 6.07) is 6.24. The number of hydrogen-bond acceptors (Lipinski definition) is 5. The molecule has 0 aromatic heterocycles. The van der Waals surface area contributed by atoms with Crippen molar-refractivity contribution in [3.05, 3.63) is 83.6 Å². The van der Waals surface area contributed by atoms with Crippen LogP contribution in [0.5, 0.6) is 0 Å². The lowest BCUT2D eigenvalue weighted by Gasteiger charge is -2.38. The summed E-state index contributed by atoms with van der Waals surface area (Å²) in [4.78, 5) is 15.0. The Morgan fingerprint density at radius 3 is 2.58 bits per heavy atom. The van der Waals surface area contributed by atoms with E-state index in [2.05, 4.69) is 28.2 Å². The number of carbonyl (C=O) groups excluding carboxylic acids is 1. The minimum absolute atomic E-state index is 0.313. The average Bonchev–Trinajstić information content (AvgIpc) is 2.94. The molecule has 1 fully saturated rings. The highest BCUT2D eigenvalue weighted by Gasteiger charge is 2.40. The molecule has 10 heteroatoms. The SMILES string of the molecule is C=C/C(=C\C(=C/C)NCC1=CCC(Cc2ccc(F)cc2)(NC(=O)C(Cl)(Cl)Cl)CC1)OCCCN1CCOCC1. The van der Waals surface area contributed by atoms with Gasteiger partial charge in [-0.15, -0.1) is 0 Å². The standard InChI is InChI=1S/C30H39Cl3FN3O3/c1-3-26(20-27(4-2)40-17-5-14-37-15-18-39-19-16-37)35-22-24-10-12-29(13-11-24,36-28(38)30(31,32)33)21-23-6-8-25(34)9-7-23/h3-4,6-10,20,35H,2,5,11-19,21-22H2,1H3,(H,36,38)/b26-3+,27-20+. The normalized spacial score (nSPS) is 21.0. The maximum Gasteiger partial charge on any atom is 0.272 e. The van der Waals surface area contributed by atoms with Crippen LogP contribution in [-0.4, -0.2) is 66.1 Å². The van der Waals surface area contributed by atoms with E-state index < -0.39 is 15.2 Å². The highest BCUT2D eigenvalue weighted by atomic mass is 35.6. The monoisotopic (exact) mass is 613 g/mol. The summed E-state index contributed by atoms with van der Waals surface area (Å²) < 4.78 is 22.7. The van der Waals surface area contributed by atoms with E-state index in [1.54, 1.807) is 18.2 Å². The fourth-order valence-corrected chi connectivity index (χ4v) is 4.94. The largest absolute Gasteiger partial charge is 0.493 e. The lowest BCUT2D eigenvalue weighted by atomic mass is 9.78. The summed E-state index contributed by atoms with van der Waals surface area (Å²) >= 11 is 17.6. The Bertz CT molecular complexity index is 1080. The molecular formula is C30H39Cl3FN3O3. The molecule has 1 atom stereocenters. The first-order valence-corrected chi connectivity index (χ1v) is 14.7. The Morgan fingerprint density at radius 1 is 1.25 bits per heavy atom. The van der Waals surface area contributed by atoms with Gasteiger partial charge in [-0.05, 0) is 62.8 Å². The van der Waals surface area contributed by atoms with Gasteiger partial charge in [-0.25, -0.2) is 4.39 Å². The molecule has 3 rings (SSSR count). The average molecular weight is 615 g/mol. The molecule has 2 aliphatic rings. The van der Waals surface area contributed by atoms with E-state index in [0.717, 1.165) is 57.0 Å². The molecule has 1 heterocycles. The van der Waals surface area contributed by atoms with Crippen LogP contribution in [0, 0.1) is 5.82 Å². The highest BCUT2D eigenvalue weighted by Crippen LogP contribution is 2.34. The van der Waals surface area contributed by atoms with Crippen molar-refractivity contribution in [3.8, 4) is 0 Å². The Labute approximate surface area is 252 Å². The molecular weight excluding hydrogens is 576 g/mol. The van der Waals surface area contributed by atoms with Crippen LogP contribution in [0.4, 0.5) is 4.39 Å². The number of morpholine rings is 1. The molecule has 0 saturated carbocycles. The van der Waals surface area contributed by atoms with E-state index in [4.69, 9.17) is 44.3 Å². The summed E-state index contributed by atoms with van der Waals surface area (Å²) in [5.41, 5.74) is 2.38. The predicted octanol–water partition coefficient (Wildman–Crippen LogP) is 6.01. The molecule has 1 aliphatic carbocycles. The summed E-state index contributed by atoms with van der Waals surface area (Å²) in [5.74, 6) is -0.266. The van der Waals surface area contributed by atoms with Crippen LogP contribution in [-0.2, 0) is 20.7 Å². The Balaban J connectivity index is 1.56. The van der Waals surface area contributed by atoms with Gasteiger partial charge in [0.1, 0.15) is 11.6 Å². The fourth-order valence-electron chi connectivity index (χ4n) is 4.79. The molecule has 220 valence electrons. The third kappa shape index (κ3) is 10.7. The fraction of sp³-hybridized carbons (Fsp3) is 0.500. The minimum atomic E-state index is -2.07. The van der Waals surface area contributed by atoms with E-state index in [1.807, 2.05) is 19.1 Å². The molecule has 1 aliphatic heterocycles. The van der Waals surface area contributed by atoms with Crippen LogP contribution >= 0.6 is 34.8 Å². The molecule has 0 bridgehead atoms. The first-order chi connectivity index (χ1) is 19.1. The Hall–Kier alpha value is -2.03. The summed E-state index contributed by atoms with van der Waals surface area (Å²) in [6.07, 6.45) is 11.1. The van der Waals surface area contributed by atoms with Gasteiger partial charge in [0, 0.05) is 43.5 Å². The molecule has 1 saturated heterocycles. The van der Waals surface area contributed by atoms with E-state index >= 15 is 0 Å². The van der Waals surface area contributed by atoms with Crippen molar-refractivity contribution < 1.29 is 18.7 Å². The summed E-state index contributed by atoms with van der Waals surface area (Å²) in [7, 11) is 0. The number of alkyl halides is 3. The Morgan fingerprint density at radius 2 is 1.98 bits per heavy atom. The zero-order valence-electron chi connectivity index (χ0n) is 23.0. The second-order valence-electron chi connectivity index (χ2n) is 10.1. The second-order valence-corrected chi connectivity index (χ2v) is 12.4. The van der Waals surface area contributed by atoms with Crippen molar-refractivity contribution in [2.75, 3.05) is 46.0 Å². The third-order valence-electron chi connectivity index (χ3n) is 7.12. The van der Waals surface area contributed by atoms with Crippen molar-refractivity contribution in [2.24, 2.45) is 0 Å². The van der Waals surface area contributed by atoms with Gasteiger partial charge in [-0.3, -0.25) is 9.69 Å². The molecule has 0 spiro atoms. The van der Waals surface area contributed by atoms with Crippen molar-refractivity contribution in [1.29, 1.82) is 0 Å². The molecule has 0 radical (unpaired) electrons. The molecule has 1 amide bonds. The molecule has 1 aromatic rings. The van der Waals surface area contributed by atoms with Gasteiger partial charge >= 0.3 is 0 Å². The quantitative estimate of drug-likeness (QED) is 0.0938. The number of halogens is 4. The van der Waals surface area contributed by atoms with Gasteiger partial charge in [0.2, 0.25) is 0 Å². The number of ether oxygens (including phenoxy) is 2. The topological polar surface area (TPSA) is 62.8 Å². The lowest BCUT2D eigenvalue weighted by molar-refractivity contribution is -0.122. The van der Waals surface area contributed by atoms with E-state index in [1.165, 1.54) is 17.7 Å². The van der Waals surface area contributed by atoms with Gasteiger partial charge in [0.15, 0.2) is 0 Å². The van der Waals surface area contributed by atoms with Crippen molar-refractivity contribution >= 4 is 40.7 Å². The van der Waals surface area contributed by atoms with Gasteiger partial charge in [0.25, 0.3) is 9.70 Å². The highest BCUT2D eigenvalue weighted by molar-refractivity contribution is 6.76. The van der Waals surface area contributed by atoms with Gasteiger partial charge in [-0.1, -0.05) is 71.2 Å². The number of hydrogen-bond donors (Lipinski definition) is 2. The lowest BCUT2D eigenvalue weighted by Crippen LogP contribution is -2.54. The molecule has 1 unspecified atom stereocenters. The zero-order chi connectivity index (χ0) is 29.0. The molecule has 6 nitrogen and oxygen atoms in total. The van der Waals surface area contributed by atoms with Gasteiger partial charge < -0.3 is 20.1 Å². The van der Waals surface area contributed by atoms with Crippen molar-refractivity contribution in [1.82, 2.24) is 15.5 Å². The van der Waals surface area contributed by atoms with Crippen LogP contribution in [0.25, 0.3) is 0 Å². The zero-order valence-corrected chi connectivity index (χ0v) is 25.3. The van der Waals surface area contributed by atoms with Crippen LogP contribution < -0.4 is 10.6 Å². The number of carbonyl (C=O) groups is 1. The number of amides is 1. The first-order valence-electron chi connectivity index (χ1n) is 13.6. The van der Waals surface area contributed by atoms with Crippen LogP contribution in [0.1, 0.15) is 38.2 Å². The van der Waals surface area contributed by atoms with E-state index in [-0.39, 0.29) is 5.82 Å². The van der Waals surface area contributed by atoms with E-state index in [9.17, 15) is 9.18 Å². The number of allylic oxidation sites excluding steroid dienone is 3. The van der Waals surface area contributed by atoms with E-state index in [0.29, 0.717) is 38.2 Å². The minimum Gasteiger partial charge on any atom is -0.493 e. The number of benzene rings is 1. The van der Waals surface area contributed by atoms with Crippen LogP contribution in [0.2, 0.25) is 0 Å². The smallest absolute Gasteiger partial charge is 0.272 e. The van der Waals surface area contributed by atoms with Crippen LogP contribution in [0.15, 0.2) is 72.2 Å². The van der Waals surface area contributed by atoms with Crippen molar-refractivity contribution in [2.45, 2.75) is 48.4 Å². The van der Waals surface area contributed by atoms with Gasteiger partial charge in [0.05, 0.1) is 19.8 Å². The number of rotatable bonds is 13. The Kier molecular flexibility index (Phi) is 12.9. The number of nitrogens with one attached hydrogen (secondary N) is 2. The maximum atomic E-state index is 13.4. The van der Waals surface area contributed by atoms with Crippen LogP contribution in [0.3, 0.4) is 0 Å². The number of nitrogens with zero attached hydrogens (tertiary/aromatic N) is 1. The second kappa shape index (κ2) is 15.8. The van der Waals surface area contributed by atoms with Crippen molar-refractivity contribution in [3.63, 3.8) is 0 Å². The maximum absolute atomic E-state index is 13.4. The molecule has 1 aromatic carbocycles.